The zero-order valence-electron chi connectivity index (χ0n) is 14.9. The van der Waals surface area contributed by atoms with Crippen molar-refractivity contribution >= 4 is 23.2 Å². The van der Waals surface area contributed by atoms with Crippen LogP contribution in [-0.2, 0) is 0 Å². The van der Waals surface area contributed by atoms with Gasteiger partial charge < -0.3 is 9.64 Å². The fourth-order valence-electron chi connectivity index (χ4n) is 3.45. The van der Waals surface area contributed by atoms with Crippen LogP contribution in [0.4, 0.5) is 19.0 Å². The molecule has 10 heteroatoms. The maximum Gasteiger partial charge on any atom is 0.388 e. The summed E-state index contributed by atoms with van der Waals surface area (Å²) in [6, 6.07) is 4.14. The lowest BCUT2D eigenvalue weighted by atomic mass is 9.98. The standard InChI is InChI=1S/C18H17ClF3N5O/c1-10-5-7-26(8-6-10)16-14(13-11(19)3-2-4-12(13)20)15(28-17(21)22)25-18-23-9-24-27(16)18/h2-4,9-10,17H,5-8H2,1H3. The Kier molecular flexibility index (Phi) is 5.01. The highest BCUT2D eigenvalue weighted by atomic mass is 35.5. The second-order valence-electron chi connectivity index (χ2n) is 6.73. The van der Waals surface area contributed by atoms with Crippen LogP contribution in [0.25, 0.3) is 16.9 Å². The van der Waals surface area contributed by atoms with Gasteiger partial charge in [0, 0.05) is 18.7 Å². The third kappa shape index (κ3) is 3.34. The quantitative estimate of drug-likeness (QED) is 0.636. The lowest BCUT2D eigenvalue weighted by Crippen LogP contribution is -2.35. The molecule has 0 saturated carbocycles. The van der Waals surface area contributed by atoms with Gasteiger partial charge in [-0.3, -0.25) is 0 Å². The number of anilines is 1. The zero-order chi connectivity index (χ0) is 19.8. The Balaban J connectivity index is 2.02. The predicted molar refractivity (Wildman–Crippen MR) is 98.4 cm³/mol. The first-order chi connectivity index (χ1) is 13.5. The molecule has 0 N–H and O–H groups in total. The van der Waals surface area contributed by atoms with Crippen LogP contribution in [0.15, 0.2) is 24.5 Å². The third-order valence-corrected chi connectivity index (χ3v) is 5.18. The molecule has 0 bridgehead atoms. The minimum Gasteiger partial charge on any atom is -0.416 e. The molecule has 28 heavy (non-hydrogen) atoms. The van der Waals surface area contributed by atoms with Crippen LogP contribution in [0.1, 0.15) is 19.8 Å². The lowest BCUT2D eigenvalue weighted by Gasteiger charge is -2.33. The van der Waals surface area contributed by atoms with Gasteiger partial charge >= 0.3 is 6.61 Å². The smallest absolute Gasteiger partial charge is 0.388 e. The second kappa shape index (κ2) is 7.46. The Morgan fingerprint density at radius 1 is 1.21 bits per heavy atom. The van der Waals surface area contributed by atoms with Crippen molar-refractivity contribution in [1.29, 1.82) is 0 Å². The number of fused-ring (bicyclic) bond motifs is 1. The van der Waals surface area contributed by atoms with Gasteiger partial charge in [-0.1, -0.05) is 24.6 Å². The summed E-state index contributed by atoms with van der Waals surface area (Å²) in [5, 5.41) is 4.23. The summed E-state index contributed by atoms with van der Waals surface area (Å²) in [7, 11) is 0. The molecule has 2 aromatic heterocycles. The third-order valence-electron chi connectivity index (χ3n) is 4.87. The van der Waals surface area contributed by atoms with Crippen molar-refractivity contribution in [2.75, 3.05) is 18.0 Å². The molecule has 3 heterocycles. The zero-order valence-corrected chi connectivity index (χ0v) is 15.7. The Bertz CT molecular complexity index is 984. The van der Waals surface area contributed by atoms with Crippen molar-refractivity contribution in [2.45, 2.75) is 26.4 Å². The van der Waals surface area contributed by atoms with Crippen LogP contribution in [-0.4, -0.2) is 39.3 Å². The van der Waals surface area contributed by atoms with Gasteiger partial charge in [0.2, 0.25) is 5.88 Å². The summed E-state index contributed by atoms with van der Waals surface area (Å²) in [5.41, 5.74) is -0.0192. The fraction of sp³-hybridized carbons (Fsp3) is 0.389. The minimum atomic E-state index is -3.14. The van der Waals surface area contributed by atoms with Crippen LogP contribution in [0, 0.1) is 11.7 Å². The monoisotopic (exact) mass is 411 g/mol. The number of hydrogen-bond acceptors (Lipinski definition) is 5. The summed E-state index contributed by atoms with van der Waals surface area (Å²) in [4.78, 5) is 10.00. The van der Waals surface area contributed by atoms with Gasteiger partial charge in [-0.15, -0.1) is 0 Å². The van der Waals surface area contributed by atoms with E-state index in [-0.39, 0.29) is 21.9 Å². The van der Waals surface area contributed by atoms with E-state index in [9.17, 15) is 13.2 Å². The van der Waals surface area contributed by atoms with Crippen molar-refractivity contribution in [2.24, 2.45) is 5.92 Å². The molecule has 1 aliphatic heterocycles. The van der Waals surface area contributed by atoms with E-state index in [4.69, 9.17) is 11.6 Å². The molecule has 1 saturated heterocycles. The van der Waals surface area contributed by atoms with Crippen molar-refractivity contribution in [3.05, 3.63) is 35.4 Å². The molecule has 4 rings (SSSR count). The maximum absolute atomic E-state index is 14.8. The summed E-state index contributed by atoms with van der Waals surface area (Å²) in [6.07, 6.45) is 3.05. The van der Waals surface area contributed by atoms with E-state index in [1.807, 2.05) is 4.90 Å². The lowest BCUT2D eigenvalue weighted by molar-refractivity contribution is -0.0523. The number of piperidine rings is 1. The Morgan fingerprint density at radius 3 is 2.64 bits per heavy atom. The number of hydrogen-bond donors (Lipinski definition) is 0. The number of rotatable bonds is 4. The van der Waals surface area contributed by atoms with Gasteiger partial charge in [-0.2, -0.15) is 28.4 Å². The molecule has 6 nitrogen and oxygen atoms in total. The van der Waals surface area contributed by atoms with E-state index < -0.39 is 18.3 Å². The second-order valence-corrected chi connectivity index (χ2v) is 7.14. The molecular formula is C18H17ClF3N5O. The number of aromatic nitrogens is 4. The topological polar surface area (TPSA) is 55.5 Å². The van der Waals surface area contributed by atoms with Crippen molar-refractivity contribution in [3.63, 3.8) is 0 Å². The number of benzene rings is 1. The average molecular weight is 412 g/mol. The number of halogens is 4. The number of ether oxygens (including phenoxy) is 1. The van der Waals surface area contributed by atoms with E-state index in [2.05, 4.69) is 26.7 Å². The summed E-state index contributed by atoms with van der Waals surface area (Å²) >= 11 is 6.26. The highest BCUT2D eigenvalue weighted by molar-refractivity contribution is 6.33. The molecule has 1 aliphatic rings. The summed E-state index contributed by atoms with van der Waals surface area (Å²) < 4.78 is 47.1. The highest BCUT2D eigenvalue weighted by Crippen LogP contribution is 2.43. The fourth-order valence-corrected chi connectivity index (χ4v) is 3.70. The SMILES string of the molecule is CC1CCN(c2c(-c3c(F)cccc3Cl)c(OC(F)F)nc3ncnn23)CC1. The van der Waals surface area contributed by atoms with Crippen LogP contribution >= 0.6 is 11.6 Å². The van der Waals surface area contributed by atoms with Crippen molar-refractivity contribution in [3.8, 4) is 17.0 Å². The van der Waals surface area contributed by atoms with Gasteiger partial charge in [-0.05, 0) is 30.9 Å². The first-order valence-electron chi connectivity index (χ1n) is 8.83. The van der Waals surface area contributed by atoms with Gasteiger partial charge in [0.25, 0.3) is 5.78 Å². The molecule has 1 aromatic carbocycles. The first kappa shape index (κ1) is 18.8. The van der Waals surface area contributed by atoms with Crippen LogP contribution in [0.3, 0.4) is 0 Å². The summed E-state index contributed by atoms with van der Waals surface area (Å²) in [6.45, 7) is 0.298. The van der Waals surface area contributed by atoms with E-state index in [1.54, 1.807) is 0 Å². The average Bonchev–Trinajstić information content (AvgIpc) is 3.10. The molecule has 0 aliphatic carbocycles. The van der Waals surface area contributed by atoms with Crippen molar-refractivity contribution in [1.82, 2.24) is 19.6 Å². The Labute approximate surface area is 163 Å². The van der Waals surface area contributed by atoms with Crippen LogP contribution < -0.4 is 9.64 Å². The van der Waals surface area contributed by atoms with E-state index in [0.717, 1.165) is 12.8 Å². The molecule has 0 radical (unpaired) electrons. The Morgan fingerprint density at radius 2 is 1.96 bits per heavy atom. The first-order valence-corrected chi connectivity index (χ1v) is 9.21. The summed E-state index contributed by atoms with van der Waals surface area (Å²) in [5.74, 6) is -0.102. The van der Waals surface area contributed by atoms with Gasteiger partial charge in [0.15, 0.2) is 0 Å². The van der Waals surface area contributed by atoms with E-state index >= 15 is 0 Å². The van der Waals surface area contributed by atoms with E-state index in [0.29, 0.717) is 24.8 Å². The largest absolute Gasteiger partial charge is 0.416 e. The molecule has 3 aromatic rings. The number of alkyl halides is 2. The molecular weight excluding hydrogens is 395 g/mol. The maximum atomic E-state index is 14.8. The molecule has 0 amide bonds. The van der Waals surface area contributed by atoms with Gasteiger partial charge in [-0.25, -0.2) is 4.39 Å². The molecule has 0 spiro atoms. The molecule has 0 unspecified atom stereocenters. The molecule has 148 valence electrons. The van der Waals surface area contributed by atoms with Gasteiger partial charge in [0.1, 0.15) is 18.0 Å². The van der Waals surface area contributed by atoms with Crippen LogP contribution in [0.5, 0.6) is 5.88 Å². The number of nitrogens with zero attached hydrogens (tertiary/aromatic N) is 5. The predicted octanol–water partition coefficient (Wildman–Crippen LogP) is 4.42. The molecule has 0 atom stereocenters. The van der Waals surface area contributed by atoms with Crippen LogP contribution in [0.2, 0.25) is 5.02 Å². The van der Waals surface area contributed by atoms with Gasteiger partial charge in [0.05, 0.1) is 10.6 Å². The van der Waals surface area contributed by atoms with E-state index in [1.165, 1.54) is 29.0 Å². The van der Waals surface area contributed by atoms with Crippen molar-refractivity contribution < 1.29 is 17.9 Å². The Hall–Kier alpha value is -2.55. The normalized spacial score (nSPS) is 15.6. The highest BCUT2D eigenvalue weighted by Gasteiger charge is 2.30. The minimum absolute atomic E-state index is 0.0379. The molecule has 1 fully saturated rings.